The molecule has 4 rings (SSSR count). The summed E-state index contributed by atoms with van der Waals surface area (Å²) in [4.78, 5) is 4.50. The number of fused-ring (bicyclic) bond motifs is 4. The number of benzene rings is 1. The predicted octanol–water partition coefficient (Wildman–Crippen LogP) is 2.99. The molecule has 2 aliphatic rings. The summed E-state index contributed by atoms with van der Waals surface area (Å²) in [5, 5.41) is 9.30. The number of aliphatic hydroxyl groups excluding tert-OH is 1. The lowest BCUT2D eigenvalue weighted by Gasteiger charge is -2.18. The molecule has 0 bridgehead atoms. The van der Waals surface area contributed by atoms with Gasteiger partial charge in [0.2, 0.25) is 0 Å². The van der Waals surface area contributed by atoms with Crippen LogP contribution in [0.25, 0.3) is 11.1 Å². The molecule has 0 saturated carbocycles. The molecule has 0 radical (unpaired) electrons. The average molecular weight is 249 g/mol. The van der Waals surface area contributed by atoms with Crippen LogP contribution in [0.5, 0.6) is 0 Å². The first-order valence-corrected chi connectivity index (χ1v) is 6.76. The molecule has 19 heavy (non-hydrogen) atoms. The van der Waals surface area contributed by atoms with E-state index in [2.05, 4.69) is 23.2 Å². The van der Waals surface area contributed by atoms with Gasteiger partial charge in [-0.15, -0.1) is 0 Å². The first-order valence-electron chi connectivity index (χ1n) is 6.76. The van der Waals surface area contributed by atoms with E-state index in [1.165, 1.54) is 33.5 Å². The van der Waals surface area contributed by atoms with Crippen molar-refractivity contribution in [2.75, 3.05) is 0 Å². The first kappa shape index (κ1) is 10.9. The van der Waals surface area contributed by atoms with Gasteiger partial charge in [0.25, 0.3) is 0 Å². The maximum Gasteiger partial charge on any atom is 0.0682 e. The van der Waals surface area contributed by atoms with E-state index in [1.807, 2.05) is 18.3 Å². The van der Waals surface area contributed by atoms with Crippen LogP contribution in [-0.2, 0) is 19.4 Å². The summed E-state index contributed by atoms with van der Waals surface area (Å²) in [7, 11) is 0. The van der Waals surface area contributed by atoms with Crippen molar-refractivity contribution in [1.82, 2.24) is 4.98 Å². The molecule has 0 unspecified atom stereocenters. The van der Waals surface area contributed by atoms with Crippen LogP contribution < -0.4 is 0 Å². The van der Waals surface area contributed by atoms with Gasteiger partial charge in [-0.2, -0.15) is 0 Å². The molecule has 94 valence electrons. The van der Waals surface area contributed by atoms with Gasteiger partial charge in [0, 0.05) is 11.9 Å². The van der Waals surface area contributed by atoms with E-state index >= 15 is 0 Å². The fourth-order valence-corrected chi connectivity index (χ4v) is 3.32. The Morgan fingerprint density at radius 3 is 2.89 bits per heavy atom. The van der Waals surface area contributed by atoms with Gasteiger partial charge in [0.1, 0.15) is 0 Å². The maximum atomic E-state index is 9.30. The highest BCUT2D eigenvalue weighted by Crippen LogP contribution is 2.44. The van der Waals surface area contributed by atoms with Crippen molar-refractivity contribution in [3.63, 3.8) is 0 Å². The summed E-state index contributed by atoms with van der Waals surface area (Å²) in [6.07, 6.45) is 4.99. The lowest BCUT2D eigenvalue weighted by atomic mass is 9.89. The number of pyridine rings is 1. The smallest absolute Gasteiger partial charge is 0.0682 e. The van der Waals surface area contributed by atoms with E-state index in [4.69, 9.17) is 0 Å². The molecule has 2 aliphatic carbocycles. The van der Waals surface area contributed by atoms with Gasteiger partial charge in [-0.1, -0.05) is 18.2 Å². The van der Waals surface area contributed by atoms with Crippen molar-refractivity contribution in [2.24, 2.45) is 0 Å². The highest BCUT2D eigenvalue weighted by atomic mass is 16.3. The van der Waals surface area contributed by atoms with Crippen molar-refractivity contribution in [3.8, 4) is 0 Å². The fourth-order valence-electron chi connectivity index (χ4n) is 3.32. The normalized spacial score (nSPS) is 16.1. The summed E-state index contributed by atoms with van der Waals surface area (Å²) in [5.41, 5.74) is 9.20. The second kappa shape index (κ2) is 4.04. The Labute approximate surface area is 112 Å². The summed E-state index contributed by atoms with van der Waals surface area (Å²) in [6.45, 7) is 0.119. The Kier molecular flexibility index (Phi) is 2.32. The fraction of sp³-hybridized carbons (Fsp3) is 0.235. The van der Waals surface area contributed by atoms with E-state index < -0.39 is 0 Å². The molecule has 0 spiro atoms. The molecular weight excluding hydrogens is 234 g/mol. The van der Waals surface area contributed by atoms with Gasteiger partial charge < -0.3 is 5.11 Å². The molecule has 1 aromatic heterocycles. The maximum absolute atomic E-state index is 9.30. The Morgan fingerprint density at radius 2 is 2.00 bits per heavy atom. The molecule has 1 N–H and O–H groups in total. The van der Waals surface area contributed by atoms with Gasteiger partial charge in [-0.25, -0.2) is 0 Å². The van der Waals surface area contributed by atoms with Crippen LogP contribution in [0.1, 0.15) is 34.4 Å². The topological polar surface area (TPSA) is 33.1 Å². The predicted molar refractivity (Wildman–Crippen MR) is 75.4 cm³/mol. The Hall–Kier alpha value is -1.93. The third-order valence-electron chi connectivity index (χ3n) is 4.24. The number of allylic oxidation sites excluding steroid dienone is 2. The summed E-state index contributed by atoms with van der Waals surface area (Å²) >= 11 is 0. The van der Waals surface area contributed by atoms with Gasteiger partial charge in [-0.3, -0.25) is 4.98 Å². The standard InChI is InChI=1S/C17H15NO/c19-10-11-3-4-12-9-16-13(15(12)8-11)5-6-17-14(16)2-1-7-18-17/h1-4,7-8,19H,5-6,9-10H2. The SMILES string of the molecule is OCc1ccc2c(c1)C1=C(C2)c2cccnc2CC1. The van der Waals surface area contributed by atoms with Crippen molar-refractivity contribution in [1.29, 1.82) is 0 Å². The van der Waals surface area contributed by atoms with Gasteiger partial charge >= 0.3 is 0 Å². The number of hydrogen-bond acceptors (Lipinski definition) is 2. The van der Waals surface area contributed by atoms with Gasteiger partial charge in [0.15, 0.2) is 0 Å². The monoisotopic (exact) mass is 249 g/mol. The van der Waals surface area contributed by atoms with E-state index in [0.717, 1.165) is 24.8 Å². The molecule has 1 aromatic carbocycles. The second-order valence-electron chi connectivity index (χ2n) is 5.28. The third-order valence-corrected chi connectivity index (χ3v) is 4.24. The van der Waals surface area contributed by atoms with Crippen LogP contribution in [0.15, 0.2) is 36.5 Å². The molecule has 2 heteroatoms. The van der Waals surface area contributed by atoms with E-state index in [-0.39, 0.29) is 6.61 Å². The van der Waals surface area contributed by atoms with Crippen LogP contribution >= 0.6 is 0 Å². The number of aliphatic hydroxyl groups is 1. The Balaban J connectivity index is 1.89. The first-order chi connectivity index (χ1) is 9.36. The zero-order chi connectivity index (χ0) is 12.8. The number of rotatable bonds is 1. The molecule has 0 saturated heterocycles. The van der Waals surface area contributed by atoms with Crippen LogP contribution in [0.2, 0.25) is 0 Å². The largest absolute Gasteiger partial charge is 0.392 e. The number of aromatic nitrogens is 1. The number of hydrogen-bond donors (Lipinski definition) is 1. The Morgan fingerprint density at radius 1 is 1.05 bits per heavy atom. The number of nitrogens with zero attached hydrogens (tertiary/aromatic N) is 1. The molecule has 0 fully saturated rings. The van der Waals surface area contributed by atoms with Crippen molar-refractivity contribution >= 4 is 11.1 Å². The minimum atomic E-state index is 0.119. The van der Waals surface area contributed by atoms with Crippen molar-refractivity contribution < 1.29 is 5.11 Å². The van der Waals surface area contributed by atoms with Crippen LogP contribution in [0.3, 0.4) is 0 Å². The van der Waals surface area contributed by atoms with E-state index in [1.54, 1.807) is 0 Å². The van der Waals surface area contributed by atoms with Gasteiger partial charge in [0.05, 0.1) is 6.61 Å². The summed E-state index contributed by atoms with van der Waals surface area (Å²) in [5.74, 6) is 0. The van der Waals surface area contributed by atoms with Crippen molar-refractivity contribution in [3.05, 3.63) is 64.5 Å². The molecule has 2 nitrogen and oxygen atoms in total. The van der Waals surface area contributed by atoms with E-state index in [9.17, 15) is 5.11 Å². The molecule has 0 aliphatic heterocycles. The van der Waals surface area contributed by atoms with Gasteiger partial charge in [-0.05, 0) is 64.8 Å². The van der Waals surface area contributed by atoms with Crippen LogP contribution in [0, 0.1) is 0 Å². The minimum absolute atomic E-state index is 0.119. The van der Waals surface area contributed by atoms with Crippen LogP contribution in [-0.4, -0.2) is 10.1 Å². The molecular formula is C17H15NO. The lowest BCUT2D eigenvalue weighted by molar-refractivity contribution is 0.282. The highest BCUT2D eigenvalue weighted by molar-refractivity contribution is 5.98. The quantitative estimate of drug-likeness (QED) is 0.842. The lowest BCUT2D eigenvalue weighted by Crippen LogP contribution is -2.03. The number of aryl methyl sites for hydroxylation is 1. The molecule has 0 amide bonds. The summed E-state index contributed by atoms with van der Waals surface area (Å²) in [6, 6.07) is 10.6. The molecule has 1 heterocycles. The van der Waals surface area contributed by atoms with Crippen molar-refractivity contribution in [2.45, 2.75) is 25.9 Å². The average Bonchev–Trinajstić information content (AvgIpc) is 2.85. The second-order valence-corrected chi connectivity index (χ2v) is 5.28. The minimum Gasteiger partial charge on any atom is -0.392 e. The summed E-state index contributed by atoms with van der Waals surface area (Å²) < 4.78 is 0. The third kappa shape index (κ3) is 1.57. The molecule has 0 atom stereocenters. The highest BCUT2D eigenvalue weighted by Gasteiger charge is 2.27. The Bertz CT molecular complexity index is 700. The van der Waals surface area contributed by atoms with E-state index in [0.29, 0.717) is 0 Å². The zero-order valence-electron chi connectivity index (χ0n) is 10.7. The molecule has 2 aromatic rings. The van der Waals surface area contributed by atoms with Crippen LogP contribution in [0.4, 0.5) is 0 Å². The zero-order valence-corrected chi connectivity index (χ0v) is 10.7.